The summed E-state index contributed by atoms with van der Waals surface area (Å²) in [4.78, 5) is 16.4. The third-order valence-electron chi connectivity index (χ3n) is 3.89. The molecule has 148 valence electrons. The maximum Gasteiger partial charge on any atom is 0.416 e. The minimum absolute atomic E-state index is 0.0169. The molecule has 0 aliphatic heterocycles. The summed E-state index contributed by atoms with van der Waals surface area (Å²) in [6.45, 7) is 4.29. The van der Waals surface area contributed by atoms with Crippen molar-refractivity contribution >= 4 is 16.8 Å². The van der Waals surface area contributed by atoms with Crippen LogP contribution in [0.4, 0.5) is 13.2 Å². The minimum Gasteiger partial charge on any atom is -0.492 e. The van der Waals surface area contributed by atoms with Gasteiger partial charge in [-0.15, -0.1) is 0 Å². The zero-order valence-corrected chi connectivity index (χ0v) is 15.3. The Balaban J connectivity index is 1.66. The van der Waals surface area contributed by atoms with E-state index in [-0.39, 0.29) is 18.6 Å². The summed E-state index contributed by atoms with van der Waals surface area (Å²) in [7, 11) is 0. The van der Waals surface area contributed by atoms with Gasteiger partial charge in [-0.3, -0.25) is 14.5 Å². The van der Waals surface area contributed by atoms with Crippen molar-refractivity contribution in [2.24, 2.45) is 0 Å². The lowest BCUT2D eigenvalue weighted by atomic mass is 10.2. The quantitative estimate of drug-likeness (QED) is 0.695. The molecule has 1 amide bonds. The highest BCUT2D eigenvalue weighted by molar-refractivity contribution is 6.04. The van der Waals surface area contributed by atoms with Gasteiger partial charge in [-0.05, 0) is 44.2 Å². The number of halogens is 3. The van der Waals surface area contributed by atoms with Crippen LogP contribution in [0.25, 0.3) is 10.9 Å². The van der Waals surface area contributed by atoms with Gasteiger partial charge in [0, 0.05) is 18.4 Å². The van der Waals surface area contributed by atoms with E-state index in [1.54, 1.807) is 16.9 Å². The van der Waals surface area contributed by atoms with E-state index in [0.717, 1.165) is 12.1 Å². The van der Waals surface area contributed by atoms with Gasteiger partial charge in [0.05, 0.1) is 23.0 Å². The molecule has 3 aromatic rings. The first-order valence-electron chi connectivity index (χ1n) is 8.67. The highest BCUT2D eigenvalue weighted by Crippen LogP contribution is 2.30. The normalized spacial score (nSPS) is 11.8. The summed E-state index contributed by atoms with van der Waals surface area (Å²) in [6.07, 6.45) is -1.15. The van der Waals surface area contributed by atoms with Crippen LogP contribution in [0, 0.1) is 0 Å². The molecule has 0 aliphatic carbocycles. The molecule has 2 heterocycles. The van der Waals surface area contributed by atoms with E-state index in [0.29, 0.717) is 28.9 Å². The van der Waals surface area contributed by atoms with Crippen molar-refractivity contribution in [3.63, 3.8) is 0 Å². The molecular formula is C19H19F3N4O2. The second-order valence-electron chi connectivity index (χ2n) is 6.48. The van der Waals surface area contributed by atoms with E-state index in [1.807, 2.05) is 13.8 Å². The van der Waals surface area contributed by atoms with E-state index < -0.39 is 11.7 Å². The lowest BCUT2D eigenvalue weighted by Gasteiger charge is -2.09. The fourth-order valence-corrected chi connectivity index (χ4v) is 2.62. The van der Waals surface area contributed by atoms with Crippen LogP contribution in [-0.2, 0) is 12.7 Å². The van der Waals surface area contributed by atoms with Gasteiger partial charge < -0.3 is 10.1 Å². The van der Waals surface area contributed by atoms with Gasteiger partial charge in [0.1, 0.15) is 18.1 Å². The van der Waals surface area contributed by atoms with Crippen molar-refractivity contribution in [2.75, 3.05) is 6.61 Å². The third-order valence-corrected chi connectivity index (χ3v) is 3.89. The summed E-state index contributed by atoms with van der Waals surface area (Å²) >= 11 is 0. The molecular weight excluding hydrogens is 373 g/mol. The third kappa shape index (κ3) is 4.59. The van der Waals surface area contributed by atoms with Crippen LogP contribution in [0.2, 0.25) is 0 Å². The fraction of sp³-hybridized carbons (Fsp3) is 0.316. The first-order chi connectivity index (χ1) is 13.2. The molecule has 0 saturated heterocycles. The number of nitrogens with zero attached hydrogens (tertiary/aromatic N) is 3. The number of carbonyl (C=O) groups is 1. The lowest BCUT2D eigenvalue weighted by molar-refractivity contribution is -0.137. The number of hydrogen-bond acceptors (Lipinski definition) is 4. The molecule has 0 radical (unpaired) electrons. The fourth-order valence-electron chi connectivity index (χ4n) is 2.62. The standard InChI is InChI=1S/C19H19F3N4O2/c1-12(2)24-18(27)17-15-11-26(25-16(15)7-8-23-17)9-10-28-14-5-3-13(4-6-14)19(20,21)22/h3-8,11-12H,9-10H2,1-2H3,(H,24,27). The molecule has 28 heavy (non-hydrogen) atoms. The number of aromatic nitrogens is 3. The summed E-state index contributed by atoms with van der Waals surface area (Å²) in [5, 5.41) is 7.80. The van der Waals surface area contributed by atoms with Crippen molar-refractivity contribution < 1.29 is 22.7 Å². The van der Waals surface area contributed by atoms with E-state index in [4.69, 9.17) is 4.74 Å². The van der Waals surface area contributed by atoms with E-state index in [9.17, 15) is 18.0 Å². The van der Waals surface area contributed by atoms with E-state index in [1.165, 1.54) is 18.3 Å². The largest absolute Gasteiger partial charge is 0.492 e. The predicted molar refractivity (Wildman–Crippen MR) is 97.1 cm³/mol. The topological polar surface area (TPSA) is 69.0 Å². The number of ether oxygens (including phenoxy) is 1. The van der Waals surface area contributed by atoms with E-state index in [2.05, 4.69) is 15.4 Å². The highest BCUT2D eigenvalue weighted by atomic mass is 19.4. The van der Waals surface area contributed by atoms with Crippen molar-refractivity contribution in [3.8, 4) is 5.75 Å². The Morgan fingerprint density at radius 2 is 1.93 bits per heavy atom. The Bertz CT molecular complexity index is 965. The number of alkyl halides is 3. The Kier molecular flexibility index (Phi) is 5.53. The van der Waals surface area contributed by atoms with Crippen LogP contribution in [0.1, 0.15) is 29.9 Å². The van der Waals surface area contributed by atoms with Crippen LogP contribution in [0.5, 0.6) is 5.75 Å². The smallest absolute Gasteiger partial charge is 0.416 e. The van der Waals surface area contributed by atoms with Crippen LogP contribution in [0.15, 0.2) is 42.7 Å². The monoisotopic (exact) mass is 392 g/mol. The van der Waals surface area contributed by atoms with Crippen molar-refractivity contribution in [3.05, 3.63) is 54.0 Å². The SMILES string of the molecule is CC(C)NC(=O)c1nccc2nn(CCOc3ccc(C(F)(F)F)cc3)cc12. The van der Waals surface area contributed by atoms with Gasteiger partial charge in [-0.2, -0.15) is 18.3 Å². The van der Waals surface area contributed by atoms with Gasteiger partial charge in [0.2, 0.25) is 0 Å². The molecule has 0 atom stereocenters. The van der Waals surface area contributed by atoms with Crippen LogP contribution < -0.4 is 10.1 Å². The Hall–Kier alpha value is -3.10. The predicted octanol–water partition coefficient (Wildman–Crippen LogP) is 3.67. The number of pyridine rings is 1. The van der Waals surface area contributed by atoms with Gasteiger partial charge in [0.25, 0.3) is 5.91 Å². The maximum absolute atomic E-state index is 12.6. The number of carbonyl (C=O) groups excluding carboxylic acids is 1. The van der Waals surface area contributed by atoms with Crippen molar-refractivity contribution in [1.29, 1.82) is 0 Å². The first-order valence-corrected chi connectivity index (χ1v) is 8.67. The second-order valence-corrected chi connectivity index (χ2v) is 6.48. The molecule has 0 saturated carbocycles. The summed E-state index contributed by atoms with van der Waals surface area (Å²) in [5.41, 5.74) is 0.192. The number of amides is 1. The Morgan fingerprint density at radius 1 is 1.21 bits per heavy atom. The minimum atomic E-state index is -4.37. The molecule has 0 fully saturated rings. The van der Waals surface area contributed by atoms with Crippen LogP contribution >= 0.6 is 0 Å². The second kappa shape index (κ2) is 7.87. The molecule has 0 bridgehead atoms. The Labute approximate surface area is 159 Å². The molecule has 1 aromatic carbocycles. The molecule has 0 spiro atoms. The molecule has 1 N–H and O–H groups in total. The Morgan fingerprint density at radius 3 is 2.57 bits per heavy atom. The molecule has 9 heteroatoms. The van der Waals surface area contributed by atoms with Crippen LogP contribution in [-0.4, -0.2) is 33.3 Å². The van der Waals surface area contributed by atoms with Crippen LogP contribution in [0.3, 0.4) is 0 Å². The summed E-state index contributed by atoms with van der Waals surface area (Å²) < 4.78 is 44.8. The van der Waals surface area contributed by atoms with Gasteiger partial charge >= 0.3 is 6.18 Å². The van der Waals surface area contributed by atoms with E-state index >= 15 is 0 Å². The zero-order valence-electron chi connectivity index (χ0n) is 15.3. The average Bonchev–Trinajstić information content (AvgIpc) is 3.03. The van der Waals surface area contributed by atoms with Gasteiger partial charge in [-0.1, -0.05) is 0 Å². The molecule has 0 unspecified atom stereocenters. The number of hydrogen-bond donors (Lipinski definition) is 1. The molecule has 6 nitrogen and oxygen atoms in total. The zero-order chi connectivity index (χ0) is 20.3. The number of rotatable bonds is 6. The first kappa shape index (κ1) is 19.7. The van der Waals surface area contributed by atoms with Gasteiger partial charge in [0.15, 0.2) is 0 Å². The molecule has 0 aliphatic rings. The average molecular weight is 392 g/mol. The number of benzene rings is 1. The highest BCUT2D eigenvalue weighted by Gasteiger charge is 2.30. The molecule has 2 aromatic heterocycles. The summed E-state index contributed by atoms with van der Waals surface area (Å²) in [6, 6.07) is 6.19. The molecule has 3 rings (SSSR count). The maximum atomic E-state index is 12.6. The number of nitrogens with one attached hydrogen (secondary N) is 1. The van der Waals surface area contributed by atoms with Gasteiger partial charge in [-0.25, -0.2) is 0 Å². The van der Waals surface area contributed by atoms with Crippen molar-refractivity contribution in [1.82, 2.24) is 20.1 Å². The number of fused-ring (bicyclic) bond motifs is 1. The summed E-state index contributed by atoms with van der Waals surface area (Å²) in [5.74, 6) is 0.0598. The van der Waals surface area contributed by atoms with Crippen molar-refractivity contribution in [2.45, 2.75) is 32.6 Å². The lowest BCUT2D eigenvalue weighted by Crippen LogP contribution is -2.30.